The maximum atomic E-state index is 11.2. The standard InChI is InChI=1S/C13H19N3O2/c1-9-4-3-5-10(6-9)16-12-8-14-11(7-15-12)13(17)18-2/h7-10H,3-6H2,1-2H3,(H,15,16). The van der Waals surface area contributed by atoms with E-state index in [0.717, 1.165) is 11.7 Å². The van der Waals surface area contributed by atoms with Crippen LogP contribution in [0.5, 0.6) is 0 Å². The van der Waals surface area contributed by atoms with Crippen molar-refractivity contribution >= 4 is 11.8 Å². The van der Waals surface area contributed by atoms with Crippen LogP contribution in [-0.4, -0.2) is 29.1 Å². The number of methoxy groups -OCH3 is 1. The average Bonchev–Trinajstić information content (AvgIpc) is 2.39. The minimum Gasteiger partial charge on any atom is -0.464 e. The topological polar surface area (TPSA) is 64.1 Å². The molecule has 1 fully saturated rings. The summed E-state index contributed by atoms with van der Waals surface area (Å²) in [4.78, 5) is 19.4. The van der Waals surface area contributed by atoms with Crippen LogP contribution in [0, 0.1) is 5.92 Å². The van der Waals surface area contributed by atoms with Gasteiger partial charge in [-0.3, -0.25) is 0 Å². The van der Waals surface area contributed by atoms with Crippen LogP contribution in [0.2, 0.25) is 0 Å². The molecule has 1 aromatic rings. The molecular weight excluding hydrogens is 230 g/mol. The van der Waals surface area contributed by atoms with Crippen LogP contribution in [0.4, 0.5) is 5.82 Å². The van der Waals surface area contributed by atoms with Crippen molar-refractivity contribution in [1.29, 1.82) is 0 Å². The summed E-state index contributed by atoms with van der Waals surface area (Å²) in [6, 6.07) is 0.465. The van der Waals surface area contributed by atoms with Crippen LogP contribution < -0.4 is 5.32 Å². The van der Waals surface area contributed by atoms with Gasteiger partial charge in [-0.1, -0.05) is 19.8 Å². The molecule has 0 bridgehead atoms. The van der Waals surface area contributed by atoms with Gasteiger partial charge in [0.2, 0.25) is 0 Å². The fraction of sp³-hybridized carbons (Fsp3) is 0.615. The lowest BCUT2D eigenvalue weighted by Crippen LogP contribution is -2.26. The molecule has 1 aliphatic rings. The normalized spacial score (nSPS) is 23.4. The lowest BCUT2D eigenvalue weighted by Gasteiger charge is -2.27. The number of esters is 1. The van der Waals surface area contributed by atoms with E-state index in [0.29, 0.717) is 6.04 Å². The Hall–Kier alpha value is -1.65. The second kappa shape index (κ2) is 5.80. The molecule has 5 heteroatoms. The summed E-state index contributed by atoms with van der Waals surface area (Å²) in [5.41, 5.74) is 0.236. The first-order valence-corrected chi connectivity index (χ1v) is 6.36. The number of anilines is 1. The summed E-state index contributed by atoms with van der Waals surface area (Å²) in [6.07, 6.45) is 7.94. The molecule has 2 rings (SSSR count). The van der Waals surface area contributed by atoms with Gasteiger partial charge in [-0.05, 0) is 18.8 Å². The molecule has 2 unspecified atom stereocenters. The van der Waals surface area contributed by atoms with Gasteiger partial charge in [0.15, 0.2) is 5.69 Å². The quantitative estimate of drug-likeness (QED) is 0.832. The SMILES string of the molecule is COC(=O)c1cnc(NC2CCCC(C)C2)cn1. The molecule has 0 radical (unpaired) electrons. The molecule has 18 heavy (non-hydrogen) atoms. The van der Waals surface area contributed by atoms with E-state index in [1.54, 1.807) is 6.20 Å². The second-order valence-electron chi connectivity index (χ2n) is 4.89. The number of aromatic nitrogens is 2. The van der Waals surface area contributed by atoms with Crippen LogP contribution in [-0.2, 0) is 4.74 Å². The van der Waals surface area contributed by atoms with Gasteiger partial charge in [0, 0.05) is 6.04 Å². The van der Waals surface area contributed by atoms with Crippen LogP contribution in [0.25, 0.3) is 0 Å². The number of hydrogen-bond donors (Lipinski definition) is 1. The Morgan fingerprint density at radius 1 is 1.39 bits per heavy atom. The average molecular weight is 249 g/mol. The number of nitrogens with one attached hydrogen (secondary N) is 1. The third kappa shape index (κ3) is 3.18. The fourth-order valence-electron chi connectivity index (χ4n) is 2.39. The van der Waals surface area contributed by atoms with E-state index in [1.165, 1.54) is 39.0 Å². The first-order valence-electron chi connectivity index (χ1n) is 6.36. The van der Waals surface area contributed by atoms with E-state index < -0.39 is 5.97 Å². The van der Waals surface area contributed by atoms with Gasteiger partial charge < -0.3 is 10.1 Å². The molecule has 5 nitrogen and oxygen atoms in total. The molecule has 0 saturated heterocycles. The highest BCUT2D eigenvalue weighted by Crippen LogP contribution is 2.25. The molecule has 1 N–H and O–H groups in total. The highest BCUT2D eigenvalue weighted by Gasteiger charge is 2.19. The molecule has 2 atom stereocenters. The van der Waals surface area contributed by atoms with Gasteiger partial charge in [-0.25, -0.2) is 14.8 Å². The first-order chi connectivity index (χ1) is 8.69. The Labute approximate surface area is 107 Å². The third-order valence-corrected chi connectivity index (χ3v) is 3.33. The summed E-state index contributed by atoms with van der Waals surface area (Å²) in [6.45, 7) is 2.28. The zero-order valence-corrected chi connectivity index (χ0v) is 10.8. The van der Waals surface area contributed by atoms with Gasteiger partial charge >= 0.3 is 5.97 Å². The molecule has 0 aromatic carbocycles. The Kier molecular flexibility index (Phi) is 4.12. The summed E-state index contributed by atoms with van der Waals surface area (Å²) in [5.74, 6) is 1.03. The zero-order chi connectivity index (χ0) is 13.0. The molecule has 0 spiro atoms. The molecular formula is C13H19N3O2. The lowest BCUT2D eigenvalue weighted by molar-refractivity contribution is 0.0593. The van der Waals surface area contributed by atoms with E-state index >= 15 is 0 Å². The molecule has 0 aliphatic heterocycles. The van der Waals surface area contributed by atoms with Crippen molar-refractivity contribution in [2.24, 2.45) is 5.92 Å². The first kappa shape index (κ1) is 12.8. The maximum Gasteiger partial charge on any atom is 0.358 e. The van der Waals surface area contributed by atoms with Crippen molar-refractivity contribution < 1.29 is 9.53 Å². The third-order valence-electron chi connectivity index (χ3n) is 3.33. The van der Waals surface area contributed by atoms with Crippen LogP contribution in [0.15, 0.2) is 12.4 Å². The lowest BCUT2D eigenvalue weighted by atomic mass is 9.87. The number of hydrogen-bond acceptors (Lipinski definition) is 5. The van der Waals surface area contributed by atoms with E-state index in [4.69, 9.17) is 0 Å². The minimum absolute atomic E-state index is 0.236. The van der Waals surface area contributed by atoms with Gasteiger partial charge in [0.05, 0.1) is 19.5 Å². The Morgan fingerprint density at radius 2 is 2.22 bits per heavy atom. The maximum absolute atomic E-state index is 11.2. The summed E-state index contributed by atoms with van der Waals surface area (Å²) in [7, 11) is 1.33. The van der Waals surface area contributed by atoms with Crippen LogP contribution >= 0.6 is 0 Å². The molecule has 1 aliphatic carbocycles. The molecule has 1 saturated carbocycles. The van der Waals surface area contributed by atoms with Gasteiger partial charge in [0.25, 0.3) is 0 Å². The highest BCUT2D eigenvalue weighted by molar-refractivity contribution is 5.86. The van der Waals surface area contributed by atoms with E-state index in [2.05, 4.69) is 26.9 Å². The molecule has 1 aromatic heterocycles. The number of carbonyl (C=O) groups is 1. The zero-order valence-electron chi connectivity index (χ0n) is 10.8. The molecule has 1 heterocycles. The van der Waals surface area contributed by atoms with Crippen molar-refractivity contribution in [3.05, 3.63) is 18.1 Å². The number of carbonyl (C=O) groups excluding carboxylic acids is 1. The van der Waals surface area contributed by atoms with E-state index in [-0.39, 0.29) is 5.69 Å². The van der Waals surface area contributed by atoms with E-state index in [9.17, 15) is 4.79 Å². The highest BCUT2D eigenvalue weighted by atomic mass is 16.5. The van der Waals surface area contributed by atoms with Gasteiger partial charge in [0.1, 0.15) is 5.82 Å². The fourth-order valence-corrected chi connectivity index (χ4v) is 2.39. The summed E-state index contributed by atoms with van der Waals surface area (Å²) < 4.78 is 4.58. The molecule has 0 amide bonds. The number of ether oxygens (including phenoxy) is 1. The van der Waals surface area contributed by atoms with Gasteiger partial charge in [-0.2, -0.15) is 0 Å². The van der Waals surface area contributed by atoms with Gasteiger partial charge in [-0.15, -0.1) is 0 Å². The largest absolute Gasteiger partial charge is 0.464 e. The minimum atomic E-state index is -0.458. The number of nitrogens with zero attached hydrogens (tertiary/aromatic N) is 2. The summed E-state index contributed by atoms with van der Waals surface area (Å²) >= 11 is 0. The smallest absolute Gasteiger partial charge is 0.358 e. The Balaban J connectivity index is 1.95. The number of rotatable bonds is 3. The van der Waals surface area contributed by atoms with E-state index in [1.807, 2.05) is 0 Å². The van der Waals surface area contributed by atoms with Crippen molar-refractivity contribution in [3.63, 3.8) is 0 Å². The predicted molar refractivity (Wildman–Crippen MR) is 68.4 cm³/mol. The van der Waals surface area contributed by atoms with Crippen LogP contribution in [0.1, 0.15) is 43.1 Å². The molecule has 98 valence electrons. The predicted octanol–water partition coefficient (Wildman–Crippen LogP) is 2.25. The van der Waals surface area contributed by atoms with Crippen molar-refractivity contribution in [1.82, 2.24) is 9.97 Å². The Morgan fingerprint density at radius 3 is 2.83 bits per heavy atom. The van der Waals surface area contributed by atoms with Crippen molar-refractivity contribution in [2.75, 3.05) is 12.4 Å². The van der Waals surface area contributed by atoms with Crippen molar-refractivity contribution in [2.45, 2.75) is 38.6 Å². The monoisotopic (exact) mass is 249 g/mol. The van der Waals surface area contributed by atoms with Crippen LogP contribution in [0.3, 0.4) is 0 Å². The second-order valence-corrected chi connectivity index (χ2v) is 4.89. The summed E-state index contributed by atoms with van der Waals surface area (Å²) in [5, 5.41) is 3.37. The van der Waals surface area contributed by atoms with Crippen molar-refractivity contribution in [3.8, 4) is 0 Å². The Bertz CT molecular complexity index is 405.